The van der Waals surface area contributed by atoms with Crippen molar-refractivity contribution in [3.05, 3.63) is 52.3 Å². The summed E-state index contributed by atoms with van der Waals surface area (Å²) in [6.45, 7) is 0.509. The molecule has 0 radical (unpaired) electrons. The lowest BCUT2D eigenvalue weighted by Crippen LogP contribution is -2.25. The highest BCUT2D eigenvalue weighted by Crippen LogP contribution is 2.29. The number of carbonyl (C=O) groups excluding carboxylic acids is 1. The predicted molar refractivity (Wildman–Crippen MR) is 101 cm³/mol. The van der Waals surface area contributed by atoms with Crippen LogP contribution in [0, 0.1) is 0 Å². The number of nitrogens with one attached hydrogen (secondary N) is 1. The van der Waals surface area contributed by atoms with Gasteiger partial charge in [0, 0.05) is 6.54 Å². The molecule has 0 atom stereocenters. The van der Waals surface area contributed by atoms with Gasteiger partial charge >= 0.3 is 0 Å². The van der Waals surface area contributed by atoms with Gasteiger partial charge in [0.25, 0.3) is 5.91 Å². The maximum Gasteiger partial charge on any atom is 0.263 e. The summed E-state index contributed by atoms with van der Waals surface area (Å²) in [7, 11) is 3.26. The minimum atomic E-state index is -0.109. The highest BCUT2D eigenvalue weighted by molar-refractivity contribution is 7.21. The molecule has 7 heteroatoms. The number of amides is 1. The second-order valence-corrected chi connectivity index (χ2v) is 7.17. The molecular weight excluding hydrogens is 356 g/mol. The third kappa shape index (κ3) is 4.18. The van der Waals surface area contributed by atoms with Crippen LogP contribution < -0.4 is 14.8 Å². The monoisotopic (exact) mass is 374 g/mol. The summed E-state index contributed by atoms with van der Waals surface area (Å²) < 4.78 is 10.6. The number of hydrogen-bond acceptors (Lipinski definition) is 6. The van der Waals surface area contributed by atoms with E-state index in [1.807, 2.05) is 35.7 Å². The molecule has 0 aliphatic heterocycles. The molecule has 2 heterocycles. The van der Waals surface area contributed by atoms with Gasteiger partial charge in [0.2, 0.25) is 0 Å². The van der Waals surface area contributed by atoms with Crippen LogP contribution in [0.15, 0.2) is 41.9 Å². The molecule has 5 nitrogen and oxygen atoms in total. The lowest BCUT2D eigenvalue weighted by Gasteiger charge is -2.10. The van der Waals surface area contributed by atoms with Crippen molar-refractivity contribution in [1.82, 2.24) is 10.3 Å². The first-order valence-electron chi connectivity index (χ1n) is 7.70. The van der Waals surface area contributed by atoms with Crippen molar-refractivity contribution in [1.29, 1.82) is 0 Å². The Balaban J connectivity index is 1.60. The molecule has 0 aliphatic rings. The van der Waals surface area contributed by atoms with Crippen molar-refractivity contribution in [2.75, 3.05) is 20.8 Å². The quantitative estimate of drug-likeness (QED) is 0.682. The molecule has 1 N–H and O–H groups in total. The summed E-state index contributed by atoms with van der Waals surface area (Å²) in [4.78, 5) is 18.3. The first-order chi connectivity index (χ1) is 12.2. The summed E-state index contributed by atoms with van der Waals surface area (Å²) in [5.41, 5.74) is 0.991. The molecule has 0 saturated carbocycles. The lowest BCUT2D eigenvalue weighted by molar-refractivity contribution is 0.0958. The van der Waals surface area contributed by atoms with Crippen molar-refractivity contribution >= 4 is 28.6 Å². The fourth-order valence-corrected chi connectivity index (χ4v) is 4.00. The van der Waals surface area contributed by atoms with E-state index < -0.39 is 0 Å². The summed E-state index contributed by atoms with van der Waals surface area (Å²) >= 11 is 3.02. The molecule has 130 valence electrons. The molecule has 25 heavy (non-hydrogen) atoms. The van der Waals surface area contributed by atoms with Crippen molar-refractivity contribution in [3.63, 3.8) is 0 Å². The van der Waals surface area contributed by atoms with Gasteiger partial charge < -0.3 is 14.8 Å². The number of aromatic nitrogens is 1. The fourth-order valence-electron chi connectivity index (χ4n) is 2.37. The molecule has 0 fully saturated rings. The molecular formula is C18H18N2O3S2. The Bertz CT molecular complexity index is 844. The summed E-state index contributed by atoms with van der Waals surface area (Å²) in [5.74, 6) is 1.44. The van der Waals surface area contributed by atoms with E-state index in [-0.39, 0.29) is 5.91 Å². The average molecular weight is 374 g/mol. The van der Waals surface area contributed by atoms with Crippen LogP contribution in [0.4, 0.5) is 0 Å². The van der Waals surface area contributed by atoms with E-state index in [1.165, 1.54) is 11.3 Å². The van der Waals surface area contributed by atoms with Crippen molar-refractivity contribution in [3.8, 4) is 21.4 Å². The zero-order valence-electron chi connectivity index (χ0n) is 13.9. The van der Waals surface area contributed by atoms with E-state index in [9.17, 15) is 4.79 Å². The maximum absolute atomic E-state index is 12.3. The third-order valence-electron chi connectivity index (χ3n) is 3.63. The zero-order chi connectivity index (χ0) is 17.6. The van der Waals surface area contributed by atoms with Crippen molar-refractivity contribution < 1.29 is 14.3 Å². The first kappa shape index (κ1) is 17.4. The largest absolute Gasteiger partial charge is 0.497 e. The Labute approximate surface area is 154 Å². The van der Waals surface area contributed by atoms with E-state index in [0.717, 1.165) is 26.9 Å². The smallest absolute Gasteiger partial charge is 0.263 e. The Morgan fingerprint density at radius 1 is 1.24 bits per heavy atom. The predicted octanol–water partition coefficient (Wildman–Crippen LogP) is 3.86. The van der Waals surface area contributed by atoms with Gasteiger partial charge in [-0.25, -0.2) is 4.98 Å². The van der Waals surface area contributed by atoms with Crippen LogP contribution >= 0.6 is 22.7 Å². The molecule has 2 aromatic heterocycles. The van der Waals surface area contributed by atoms with Crippen LogP contribution in [0.3, 0.4) is 0 Å². The third-order valence-corrected chi connectivity index (χ3v) is 5.66. The Hall–Kier alpha value is -2.38. The van der Waals surface area contributed by atoms with Gasteiger partial charge in [-0.05, 0) is 41.6 Å². The molecule has 3 aromatic rings. The maximum atomic E-state index is 12.3. The minimum absolute atomic E-state index is 0.109. The number of ether oxygens (including phenoxy) is 2. The number of carbonyl (C=O) groups is 1. The number of nitrogens with zero attached hydrogens (tertiary/aromatic N) is 1. The number of benzene rings is 1. The van der Waals surface area contributed by atoms with Crippen LogP contribution in [0.1, 0.15) is 15.2 Å². The second-order valence-electron chi connectivity index (χ2n) is 5.19. The number of thiophene rings is 1. The molecule has 1 amide bonds. The Kier molecular flexibility index (Phi) is 5.67. The van der Waals surface area contributed by atoms with E-state index in [1.54, 1.807) is 31.8 Å². The molecule has 0 aliphatic carbocycles. The highest BCUT2D eigenvalue weighted by Gasteiger charge is 2.12. The molecule has 3 rings (SSSR count). The van der Waals surface area contributed by atoms with Gasteiger partial charge in [0.15, 0.2) is 0 Å². The Morgan fingerprint density at radius 2 is 2.12 bits per heavy atom. The van der Waals surface area contributed by atoms with E-state index >= 15 is 0 Å². The summed E-state index contributed by atoms with van der Waals surface area (Å²) in [6.07, 6.45) is 2.28. The lowest BCUT2D eigenvalue weighted by atomic mass is 10.1. The van der Waals surface area contributed by atoms with Crippen LogP contribution in [-0.4, -0.2) is 31.7 Å². The summed E-state index contributed by atoms with van der Waals surface area (Å²) in [6, 6.07) is 9.62. The van der Waals surface area contributed by atoms with Gasteiger partial charge in [-0.15, -0.1) is 22.7 Å². The van der Waals surface area contributed by atoms with Crippen LogP contribution in [0.2, 0.25) is 0 Å². The number of rotatable bonds is 7. The average Bonchev–Trinajstić information content (AvgIpc) is 3.32. The van der Waals surface area contributed by atoms with E-state index in [2.05, 4.69) is 10.3 Å². The topological polar surface area (TPSA) is 60.5 Å². The SMILES string of the molecule is COc1ccc(OC)c(CCNC(=O)c2cnc(-c3cccs3)s2)c1. The fraction of sp³-hybridized carbons (Fsp3) is 0.222. The Morgan fingerprint density at radius 3 is 2.84 bits per heavy atom. The van der Waals surface area contributed by atoms with Crippen LogP contribution in [-0.2, 0) is 6.42 Å². The first-order valence-corrected chi connectivity index (χ1v) is 9.39. The van der Waals surface area contributed by atoms with Gasteiger partial charge in [-0.1, -0.05) is 6.07 Å². The molecule has 0 saturated heterocycles. The van der Waals surface area contributed by atoms with Crippen molar-refractivity contribution in [2.45, 2.75) is 6.42 Å². The van der Waals surface area contributed by atoms with Crippen LogP contribution in [0.5, 0.6) is 11.5 Å². The molecule has 0 bridgehead atoms. The van der Waals surface area contributed by atoms with E-state index in [4.69, 9.17) is 9.47 Å². The van der Waals surface area contributed by atoms with Gasteiger partial charge in [-0.3, -0.25) is 4.79 Å². The minimum Gasteiger partial charge on any atom is -0.497 e. The van der Waals surface area contributed by atoms with Gasteiger partial charge in [0.05, 0.1) is 25.3 Å². The molecule has 1 aromatic carbocycles. The highest BCUT2D eigenvalue weighted by atomic mass is 32.1. The van der Waals surface area contributed by atoms with Crippen LogP contribution in [0.25, 0.3) is 9.88 Å². The standard InChI is InChI=1S/C18H18N2O3S2/c1-22-13-5-6-14(23-2)12(10-13)7-8-19-17(21)16-11-20-18(25-16)15-4-3-9-24-15/h3-6,9-11H,7-8H2,1-2H3,(H,19,21). The normalized spacial score (nSPS) is 10.5. The number of thiazole rings is 1. The number of hydrogen-bond donors (Lipinski definition) is 1. The van der Waals surface area contributed by atoms with Gasteiger partial charge in [-0.2, -0.15) is 0 Å². The molecule has 0 unspecified atom stereocenters. The second kappa shape index (κ2) is 8.13. The summed E-state index contributed by atoms with van der Waals surface area (Å²) in [5, 5.41) is 5.80. The van der Waals surface area contributed by atoms with E-state index in [0.29, 0.717) is 17.8 Å². The van der Waals surface area contributed by atoms with Crippen molar-refractivity contribution in [2.24, 2.45) is 0 Å². The number of methoxy groups -OCH3 is 2. The zero-order valence-corrected chi connectivity index (χ0v) is 15.6. The van der Waals surface area contributed by atoms with Gasteiger partial charge in [0.1, 0.15) is 21.4 Å². The molecule has 0 spiro atoms.